The quantitative estimate of drug-likeness (QED) is 0.361. The average molecular weight is 583 g/mol. The van der Waals surface area contributed by atoms with Crippen LogP contribution >= 0.6 is 22.7 Å². The highest BCUT2D eigenvalue weighted by molar-refractivity contribution is 7.15. The molecule has 210 valence electrons. The molecule has 1 saturated carbocycles. The number of pyridine rings is 1. The number of rotatable bonds is 10. The molecule has 1 fully saturated rings. The highest BCUT2D eigenvalue weighted by Gasteiger charge is 2.29. The van der Waals surface area contributed by atoms with Crippen molar-refractivity contribution in [2.24, 2.45) is 4.99 Å². The van der Waals surface area contributed by atoms with Gasteiger partial charge in [-0.15, -0.1) is 20.4 Å². The summed E-state index contributed by atoms with van der Waals surface area (Å²) >= 11 is 2.79. The smallest absolute Gasteiger partial charge is 0.232 e. The van der Waals surface area contributed by atoms with Crippen LogP contribution in [0.3, 0.4) is 0 Å². The molecule has 3 aromatic rings. The first kappa shape index (κ1) is 27.9. The largest absolute Gasteiger partial charge is 0.492 e. The molecule has 0 saturated heterocycles. The number of nitrogens with zero attached hydrogens (tertiary/aromatic N) is 6. The van der Waals surface area contributed by atoms with Crippen LogP contribution in [-0.4, -0.2) is 61.8 Å². The van der Waals surface area contributed by atoms with E-state index >= 15 is 0 Å². The standard InChI is InChI=1S/C26H30N8O4S2/c1-2-38-20-9-7-18(28-14-20)12-22(37)30-26-34-32-24(40-26)16-5-3-4-15(10-16)23-31-33-25(39-23)29-21(36)11-17-6-8-19(35)13-27-17/h7,9,14-16H,2-6,8,10-13H2,1H3,(H,29,33,36)(H,30,34,37). The number of carbonyl (C=O) groups excluding carboxylic acids is 3. The van der Waals surface area contributed by atoms with Crippen molar-refractivity contribution in [3.05, 3.63) is 34.0 Å². The van der Waals surface area contributed by atoms with E-state index in [-0.39, 0.29) is 48.8 Å². The second kappa shape index (κ2) is 13.1. The molecule has 14 heteroatoms. The van der Waals surface area contributed by atoms with Gasteiger partial charge in [-0.25, -0.2) is 0 Å². The Labute approximate surface area is 239 Å². The molecule has 5 rings (SSSR count). The van der Waals surface area contributed by atoms with Gasteiger partial charge in [0.1, 0.15) is 15.8 Å². The molecule has 1 aliphatic carbocycles. The van der Waals surface area contributed by atoms with Crippen molar-refractivity contribution >= 4 is 56.2 Å². The molecule has 2 aliphatic rings. The van der Waals surface area contributed by atoms with Crippen molar-refractivity contribution in [3.63, 3.8) is 0 Å². The normalized spacial score (nSPS) is 19.1. The van der Waals surface area contributed by atoms with Crippen LogP contribution < -0.4 is 15.4 Å². The Morgan fingerprint density at radius 3 is 2.20 bits per heavy atom. The second-order valence-corrected chi connectivity index (χ2v) is 11.8. The third kappa shape index (κ3) is 7.50. The fourth-order valence-electron chi connectivity index (χ4n) is 4.77. The lowest BCUT2D eigenvalue weighted by Crippen LogP contribution is -2.21. The molecule has 0 radical (unpaired) electrons. The summed E-state index contributed by atoms with van der Waals surface area (Å²) in [5.74, 6) is 0.806. The van der Waals surface area contributed by atoms with E-state index in [1.165, 1.54) is 22.7 Å². The third-order valence-corrected chi connectivity index (χ3v) is 8.74. The monoisotopic (exact) mass is 582 g/mol. The molecule has 2 N–H and O–H groups in total. The van der Waals surface area contributed by atoms with Crippen LogP contribution in [0.2, 0.25) is 0 Å². The number of ketones is 1. The van der Waals surface area contributed by atoms with Gasteiger partial charge in [0.15, 0.2) is 5.78 Å². The number of hydrogen-bond donors (Lipinski definition) is 2. The van der Waals surface area contributed by atoms with E-state index in [2.05, 4.69) is 41.0 Å². The van der Waals surface area contributed by atoms with Gasteiger partial charge < -0.3 is 15.4 Å². The Hall–Kier alpha value is -3.65. The second-order valence-electron chi connectivity index (χ2n) is 9.74. The maximum Gasteiger partial charge on any atom is 0.232 e. The van der Waals surface area contributed by atoms with Gasteiger partial charge >= 0.3 is 0 Å². The topological polar surface area (TPSA) is 161 Å². The molecule has 3 aromatic heterocycles. The predicted molar refractivity (Wildman–Crippen MR) is 151 cm³/mol. The number of hydrogen-bond acceptors (Lipinski definition) is 12. The fraction of sp³-hybridized carbons (Fsp3) is 0.500. The minimum atomic E-state index is -0.201. The van der Waals surface area contributed by atoms with Gasteiger partial charge in [0.25, 0.3) is 0 Å². The Morgan fingerprint density at radius 1 is 0.950 bits per heavy atom. The van der Waals surface area contributed by atoms with Crippen molar-refractivity contribution in [1.82, 2.24) is 25.4 Å². The van der Waals surface area contributed by atoms with Gasteiger partial charge in [0.05, 0.1) is 32.2 Å². The van der Waals surface area contributed by atoms with Crippen LogP contribution in [0.1, 0.15) is 79.4 Å². The van der Waals surface area contributed by atoms with E-state index in [4.69, 9.17) is 4.74 Å². The lowest BCUT2D eigenvalue weighted by atomic mass is 9.82. The Bertz CT molecular complexity index is 1390. The first-order chi connectivity index (χ1) is 19.4. The van der Waals surface area contributed by atoms with E-state index in [0.717, 1.165) is 41.4 Å². The molecule has 2 atom stereocenters. The Morgan fingerprint density at radius 2 is 1.62 bits per heavy atom. The Balaban J connectivity index is 1.12. The van der Waals surface area contributed by atoms with Crippen LogP contribution in [0, 0.1) is 0 Å². The van der Waals surface area contributed by atoms with Gasteiger partial charge in [0.2, 0.25) is 22.1 Å². The van der Waals surface area contributed by atoms with Crippen molar-refractivity contribution in [2.75, 3.05) is 23.8 Å². The summed E-state index contributed by atoms with van der Waals surface area (Å²) in [6.45, 7) is 2.63. The number of anilines is 2. The van der Waals surface area contributed by atoms with E-state index < -0.39 is 0 Å². The van der Waals surface area contributed by atoms with Crippen molar-refractivity contribution in [2.45, 2.75) is 70.1 Å². The maximum atomic E-state index is 12.5. The summed E-state index contributed by atoms with van der Waals surface area (Å²) in [6, 6.07) is 3.57. The van der Waals surface area contributed by atoms with Gasteiger partial charge in [-0.1, -0.05) is 29.1 Å². The van der Waals surface area contributed by atoms with Crippen LogP contribution in [0.4, 0.5) is 10.3 Å². The minimum absolute atomic E-state index is 0.107. The number of amides is 2. The van der Waals surface area contributed by atoms with Crippen LogP contribution in [0.5, 0.6) is 5.75 Å². The first-order valence-corrected chi connectivity index (χ1v) is 15.0. The van der Waals surface area contributed by atoms with E-state index in [9.17, 15) is 14.4 Å². The zero-order chi connectivity index (χ0) is 27.9. The van der Waals surface area contributed by atoms with Crippen LogP contribution in [0.25, 0.3) is 0 Å². The lowest BCUT2D eigenvalue weighted by molar-refractivity contribution is -0.118. The summed E-state index contributed by atoms with van der Waals surface area (Å²) in [5, 5.41) is 25.5. The maximum absolute atomic E-state index is 12.5. The van der Waals surface area contributed by atoms with Gasteiger partial charge in [-0.2, -0.15) is 0 Å². The molecule has 0 spiro atoms. The zero-order valence-electron chi connectivity index (χ0n) is 22.1. The summed E-state index contributed by atoms with van der Waals surface area (Å²) in [4.78, 5) is 44.7. The number of aromatic nitrogens is 5. The van der Waals surface area contributed by atoms with Crippen LogP contribution in [-0.2, 0) is 20.8 Å². The fourth-order valence-corrected chi connectivity index (χ4v) is 6.58. The van der Waals surface area contributed by atoms with E-state index in [1.54, 1.807) is 18.3 Å². The highest BCUT2D eigenvalue weighted by atomic mass is 32.1. The molecule has 2 amide bonds. The summed E-state index contributed by atoms with van der Waals surface area (Å²) in [6.07, 6.45) is 6.74. The predicted octanol–water partition coefficient (Wildman–Crippen LogP) is 3.94. The minimum Gasteiger partial charge on any atom is -0.492 e. The molecular weight excluding hydrogens is 552 g/mol. The molecule has 1 aliphatic heterocycles. The molecule has 0 aromatic carbocycles. The van der Waals surface area contributed by atoms with Gasteiger partial charge in [-0.3, -0.25) is 24.4 Å². The molecule has 12 nitrogen and oxygen atoms in total. The summed E-state index contributed by atoms with van der Waals surface area (Å²) < 4.78 is 5.39. The number of carbonyl (C=O) groups is 3. The lowest BCUT2D eigenvalue weighted by Gasteiger charge is -2.25. The Kier molecular flexibility index (Phi) is 9.16. The molecule has 2 unspecified atom stereocenters. The molecule has 4 heterocycles. The third-order valence-electron chi connectivity index (χ3n) is 6.73. The van der Waals surface area contributed by atoms with Crippen molar-refractivity contribution in [1.29, 1.82) is 0 Å². The van der Waals surface area contributed by atoms with E-state index in [0.29, 0.717) is 41.2 Å². The number of Topliss-reactive ketones (excluding diaryl/α,β-unsaturated/α-hetero) is 1. The molecule has 40 heavy (non-hydrogen) atoms. The first-order valence-electron chi connectivity index (χ1n) is 13.3. The molecular formula is C26H30N8O4S2. The SMILES string of the molecule is CCOc1ccc(CC(=O)Nc2nnc(C3CCCC(c4nnc(NC(=O)CC5=NCC(=O)CC5)s4)C3)s2)nc1. The van der Waals surface area contributed by atoms with Crippen molar-refractivity contribution < 1.29 is 19.1 Å². The number of ether oxygens (including phenoxy) is 1. The van der Waals surface area contributed by atoms with Crippen molar-refractivity contribution in [3.8, 4) is 5.75 Å². The van der Waals surface area contributed by atoms with Gasteiger partial charge in [0, 0.05) is 29.7 Å². The average Bonchev–Trinajstić information content (AvgIpc) is 3.61. The van der Waals surface area contributed by atoms with E-state index in [1.807, 2.05) is 6.92 Å². The molecule has 0 bridgehead atoms. The van der Waals surface area contributed by atoms with Crippen LogP contribution in [0.15, 0.2) is 23.3 Å². The summed E-state index contributed by atoms with van der Waals surface area (Å²) in [5.41, 5.74) is 1.39. The zero-order valence-corrected chi connectivity index (χ0v) is 23.7. The summed E-state index contributed by atoms with van der Waals surface area (Å²) in [7, 11) is 0. The highest BCUT2D eigenvalue weighted by Crippen LogP contribution is 2.43. The number of aliphatic imine (C=N–C) groups is 1. The van der Waals surface area contributed by atoms with Gasteiger partial charge in [-0.05, 0) is 44.7 Å². The number of nitrogens with one attached hydrogen (secondary N) is 2.